The standard InChI is InChI=1S/C14H12FIN2O/c15-10-4-5-12(13(16)9-10)14(19)18-8-6-11-3-1-2-7-17-11/h1-5,7,9H,6,8H2,(H,18,19). The highest BCUT2D eigenvalue weighted by Crippen LogP contribution is 2.13. The van der Waals surface area contributed by atoms with E-state index in [1.807, 2.05) is 40.8 Å². The Balaban J connectivity index is 1.91. The summed E-state index contributed by atoms with van der Waals surface area (Å²) in [6, 6.07) is 9.79. The molecule has 0 atom stereocenters. The van der Waals surface area contributed by atoms with E-state index in [9.17, 15) is 9.18 Å². The van der Waals surface area contributed by atoms with Gasteiger partial charge in [0.25, 0.3) is 5.91 Å². The number of nitrogens with one attached hydrogen (secondary N) is 1. The number of carbonyl (C=O) groups is 1. The molecule has 2 aromatic rings. The molecule has 3 nitrogen and oxygen atoms in total. The molecule has 0 aliphatic carbocycles. The Morgan fingerprint density at radius 2 is 2.16 bits per heavy atom. The van der Waals surface area contributed by atoms with Gasteiger partial charge in [0.1, 0.15) is 5.82 Å². The SMILES string of the molecule is O=C(NCCc1ccccn1)c1ccc(F)cc1I. The lowest BCUT2D eigenvalue weighted by Crippen LogP contribution is -2.26. The third-order valence-corrected chi connectivity index (χ3v) is 3.46. The number of benzene rings is 1. The minimum absolute atomic E-state index is 0.194. The molecule has 0 fully saturated rings. The molecule has 0 unspecified atom stereocenters. The molecular formula is C14H12FIN2O. The van der Waals surface area contributed by atoms with Gasteiger partial charge in [-0.3, -0.25) is 9.78 Å². The third kappa shape index (κ3) is 3.99. The van der Waals surface area contributed by atoms with Crippen LogP contribution < -0.4 is 5.32 Å². The zero-order valence-electron chi connectivity index (χ0n) is 10.1. The van der Waals surface area contributed by atoms with Crippen LogP contribution in [0.2, 0.25) is 0 Å². The maximum Gasteiger partial charge on any atom is 0.252 e. The summed E-state index contributed by atoms with van der Waals surface area (Å²) in [5.41, 5.74) is 1.42. The fraction of sp³-hybridized carbons (Fsp3) is 0.143. The highest BCUT2D eigenvalue weighted by molar-refractivity contribution is 14.1. The Hall–Kier alpha value is -1.50. The molecule has 2 rings (SSSR count). The van der Waals surface area contributed by atoms with Crippen molar-refractivity contribution in [1.82, 2.24) is 10.3 Å². The van der Waals surface area contributed by atoms with E-state index in [2.05, 4.69) is 10.3 Å². The van der Waals surface area contributed by atoms with Crippen molar-refractivity contribution in [2.75, 3.05) is 6.54 Å². The molecule has 1 amide bonds. The van der Waals surface area contributed by atoms with Gasteiger partial charge < -0.3 is 5.32 Å². The summed E-state index contributed by atoms with van der Waals surface area (Å²) in [4.78, 5) is 16.1. The van der Waals surface area contributed by atoms with Gasteiger partial charge >= 0.3 is 0 Å². The Labute approximate surface area is 124 Å². The highest BCUT2D eigenvalue weighted by atomic mass is 127. The molecule has 0 aliphatic rings. The van der Waals surface area contributed by atoms with Gasteiger partial charge in [0, 0.05) is 28.4 Å². The summed E-state index contributed by atoms with van der Waals surface area (Å²) in [5.74, 6) is -0.533. The van der Waals surface area contributed by atoms with Crippen LogP contribution in [-0.4, -0.2) is 17.4 Å². The van der Waals surface area contributed by atoms with Crippen LogP contribution in [0.1, 0.15) is 16.1 Å². The number of halogens is 2. The van der Waals surface area contributed by atoms with E-state index >= 15 is 0 Å². The van der Waals surface area contributed by atoms with E-state index in [0.717, 1.165) is 5.69 Å². The van der Waals surface area contributed by atoms with E-state index < -0.39 is 0 Å². The first kappa shape index (κ1) is 13.9. The van der Waals surface area contributed by atoms with Crippen LogP contribution in [0.5, 0.6) is 0 Å². The number of rotatable bonds is 4. The van der Waals surface area contributed by atoms with Crippen LogP contribution in [0.15, 0.2) is 42.6 Å². The molecule has 1 aromatic heterocycles. The summed E-state index contributed by atoms with van der Waals surface area (Å²) >= 11 is 1.95. The lowest BCUT2D eigenvalue weighted by Gasteiger charge is -2.06. The van der Waals surface area contributed by atoms with Gasteiger partial charge in [-0.25, -0.2) is 4.39 Å². The van der Waals surface area contributed by atoms with Gasteiger partial charge in [0.05, 0.1) is 5.56 Å². The predicted molar refractivity (Wildman–Crippen MR) is 79.4 cm³/mol. The topological polar surface area (TPSA) is 42.0 Å². The van der Waals surface area contributed by atoms with Crippen LogP contribution in [-0.2, 0) is 6.42 Å². The van der Waals surface area contributed by atoms with Gasteiger partial charge in [-0.2, -0.15) is 0 Å². The number of hydrogen-bond donors (Lipinski definition) is 1. The number of amides is 1. The summed E-state index contributed by atoms with van der Waals surface area (Å²) < 4.78 is 13.5. The van der Waals surface area contributed by atoms with Gasteiger partial charge in [0.2, 0.25) is 0 Å². The number of pyridine rings is 1. The highest BCUT2D eigenvalue weighted by Gasteiger charge is 2.09. The normalized spacial score (nSPS) is 10.2. The average Bonchev–Trinajstić information content (AvgIpc) is 2.39. The van der Waals surface area contributed by atoms with Crippen LogP contribution in [0.25, 0.3) is 0 Å². The Morgan fingerprint density at radius 1 is 1.32 bits per heavy atom. The molecular weight excluding hydrogens is 358 g/mol. The van der Waals surface area contributed by atoms with Crippen molar-refractivity contribution in [3.8, 4) is 0 Å². The molecule has 5 heteroatoms. The van der Waals surface area contributed by atoms with Crippen LogP contribution in [0.4, 0.5) is 4.39 Å². The lowest BCUT2D eigenvalue weighted by molar-refractivity contribution is 0.0953. The van der Waals surface area contributed by atoms with Crippen LogP contribution in [0, 0.1) is 9.39 Å². The zero-order chi connectivity index (χ0) is 13.7. The first-order chi connectivity index (χ1) is 9.16. The van der Waals surface area contributed by atoms with Crippen molar-refractivity contribution in [3.63, 3.8) is 0 Å². The second-order valence-electron chi connectivity index (χ2n) is 3.95. The molecule has 19 heavy (non-hydrogen) atoms. The maximum absolute atomic E-state index is 12.9. The number of nitrogens with zero attached hydrogens (tertiary/aromatic N) is 1. The van der Waals surface area contributed by atoms with Crippen LogP contribution >= 0.6 is 22.6 Å². The van der Waals surface area contributed by atoms with Gasteiger partial charge in [-0.15, -0.1) is 0 Å². The van der Waals surface area contributed by atoms with Gasteiger partial charge in [-0.05, 0) is 52.9 Å². The summed E-state index contributed by atoms with van der Waals surface area (Å²) in [5, 5.41) is 2.80. The zero-order valence-corrected chi connectivity index (χ0v) is 12.2. The number of hydrogen-bond acceptors (Lipinski definition) is 2. The third-order valence-electron chi connectivity index (χ3n) is 2.57. The van der Waals surface area contributed by atoms with E-state index in [-0.39, 0.29) is 11.7 Å². The maximum atomic E-state index is 12.9. The van der Waals surface area contributed by atoms with Crippen molar-refractivity contribution in [2.24, 2.45) is 0 Å². The molecule has 0 bridgehead atoms. The molecule has 0 spiro atoms. The van der Waals surface area contributed by atoms with Gasteiger partial charge in [0.15, 0.2) is 0 Å². The largest absolute Gasteiger partial charge is 0.352 e. The van der Waals surface area contributed by atoms with Crippen molar-refractivity contribution < 1.29 is 9.18 Å². The second-order valence-corrected chi connectivity index (χ2v) is 5.11. The lowest BCUT2D eigenvalue weighted by atomic mass is 10.2. The van der Waals surface area contributed by atoms with E-state index in [1.54, 1.807) is 6.20 Å². The Bertz CT molecular complexity index is 575. The molecule has 1 heterocycles. The number of aromatic nitrogens is 1. The first-order valence-electron chi connectivity index (χ1n) is 5.80. The van der Waals surface area contributed by atoms with Crippen molar-refractivity contribution in [3.05, 3.63) is 63.2 Å². The average molecular weight is 370 g/mol. The fourth-order valence-corrected chi connectivity index (χ4v) is 2.34. The molecule has 1 N–H and O–H groups in total. The smallest absolute Gasteiger partial charge is 0.252 e. The Kier molecular flexibility index (Phi) is 4.84. The quantitative estimate of drug-likeness (QED) is 0.842. The minimum Gasteiger partial charge on any atom is -0.352 e. The van der Waals surface area contributed by atoms with Gasteiger partial charge in [-0.1, -0.05) is 6.07 Å². The second kappa shape index (κ2) is 6.60. The summed E-state index contributed by atoms with van der Waals surface area (Å²) in [6.07, 6.45) is 2.39. The molecule has 0 saturated heterocycles. The molecule has 0 saturated carbocycles. The fourth-order valence-electron chi connectivity index (χ4n) is 1.62. The van der Waals surface area contributed by atoms with Crippen LogP contribution in [0.3, 0.4) is 0 Å². The monoisotopic (exact) mass is 370 g/mol. The molecule has 1 aromatic carbocycles. The van der Waals surface area contributed by atoms with Crippen molar-refractivity contribution in [2.45, 2.75) is 6.42 Å². The number of carbonyl (C=O) groups excluding carboxylic acids is 1. The van der Waals surface area contributed by atoms with Crippen molar-refractivity contribution >= 4 is 28.5 Å². The summed E-state index contributed by atoms with van der Waals surface area (Å²) in [6.45, 7) is 0.503. The van der Waals surface area contributed by atoms with E-state index in [1.165, 1.54) is 18.2 Å². The van der Waals surface area contributed by atoms with E-state index in [0.29, 0.717) is 22.1 Å². The molecule has 0 radical (unpaired) electrons. The minimum atomic E-state index is -0.338. The molecule has 98 valence electrons. The van der Waals surface area contributed by atoms with E-state index in [4.69, 9.17) is 0 Å². The van der Waals surface area contributed by atoms with Crippen molar-refractivity contribution in [1.29, 1.82) is 0 Å². The Morgan fingerprint density at radius 3 is 2.84 bits per heavy atom. The first-order valence-corrected chi connectivity index (χ1v) is 6.88. The molecule has 0 aliphatic heterocycles. The summed E-state index contributed by atoms with van der Waals surface area (Å²) in [7, 11) is 0. The predicted octanol–water partition coefficient (Wildman–Crippen LogP) is 2.80.